The van der Waals surface area contributed by atoms with Crippen LogP contribution in [0.1, 0.15) is 51.5 Å². The Bertz CT molecular complexity index is 967. The molecule has 4 rings (SSSR count). The van der Waals surface area contributed by atoms with Crippen LogP contribution in [0.25, 0.3) is 11.0 Å². The molecule has 1 aliphatic heterocycles. The highest BCUT2D eigenvalue weighted by Crippen LogP contribution is 2.40. The van der Waals surface area contributed by atoms with Crippen LogP contribution < -0.4 is 10.4 Å². The number of carbonyl (C=O) groups is 1. The van der Waals surface area contributed by atoms with Gasteiger partial charge < -0.3 is 19.2 Å². The van der Waals surface area contributed by atoms with E-state index in [9.17, 15) is 14.7 Å². The largest absolute Gasteiger partial charge is 0.481 e. The second-order valence-corrected chi connectivity index (χ2v) is 8.44. The van der Waals surface area contributed by atoms with Crippen LogP contribution in [0.2, 0.25) is 0 Å². The minimum Gasteiger partial charge on any atom is -0.481 e. The van der Waals surface area contributed by atoms with Crippen LogP contribution in [0, 0.1) is 5.92 Å². The molecule has 1 amide bonds. The van der Waals surface area contributed by atoms with Gasteiger partial charge in [0.2, 0.25) is 0 Å². The summed E-state index contributed by atoms with van der Waals surface area (Å²) in [5, 5.41) is 11.7. The summed E-state index contributed by atoms with van der Waals surface area (Å²) in [6.45, 7) is 4.89. The molecule has 6 heteroatoms. The Morgan fingerprint density at radius 2 is 2.17 bits per heavy atom. The van der Waals surface area contributed by atoms with Gasteiger partial charge in [-0.05, 0) is 50.3 Å². The molecule has 6 nitrogen and oxygen atoms in total. The number of amides is 1. The number of carbonyl (C=O) groups excluding carboxylic acids is 1. The Labute approximate surface area is 170 Å². The first kappa shape index (κ1) is 20.0. The number of ether oxygens (including phenoxy) is 1. The van der Waals surface area contributed by atoms with Gasteiger partial charge in [0.05, 0.1) is 5.60 Å². The highest BCUT2D eigenvalue weighted by Gasteiger charge is 2.44. The minimum atomic E-state index is -0.650. The highest BCUT2D eigenvalue weighted by molar-refractivity contribution is 5.83. The van der Waals surface area contributed by atoms with Crippen molar-refractivity contribution >= 4 is 16.9 Å². The summed E-state index contributed by atoms with van der Waals surface area (Å²) >= 11 is 0. The molecule has 2 fully saturated rings. The predicted octanol–water partition coefficient (Wildman–Crippen LogP) is 3.28. The van der Waals surface area contributed by atoms with Crippen LogP contribution in [-0.4, -0.2) is 40.7 Å². The molecular formula is C23H29NO5. The van der Waals surface area contributed by atoms with Crippen LogP contribution in [0.15, 0.2) is 33.5 Å². The van der Waals surface area contributed by atoms with Crippen LogP contribution in [-0.2, 0) is 11.2 Å². The summed E-state index contributed by atoms with van der Waals surface area (Å²) in [5.74, 6) is 0.589. The number of hydrogen-bond donors (Lipinski definition) is 1. The monoisotopic (exact) mass is 399 g/mol. The topological polar surface area (TPSA) is 80.0 Å². The number of fused-ring (bicyclic) bond motifs is 2. The van der Waals surface area contributed by atoms with Gasteiger partial charge in [-0.1, -0.05) is 19.8 Å². The number of aryl methyl sites for hydroxylation is 1. The van der Waals surface area contributed by atoms with Crippen molar-refractivity contribution in [1.29, 1.82) is 0 Å². The van der Waals surface area contributed by atoms with Crippen molar-refractivity contribution in [2.75, 3.05) is 13.1 Å². The van der Waals surface area contributed by atoms with Crippen molar-refractivity contribution in [3.63, 3.8) is 0 Å². The number of benzene rings is 1. The van der Waals surface area contributed by atoms with Gasteiger partial charge in [0.1, 0.15) is 11.3 Å². The molecule has 1 N–H and O–H groups in total. The van der Waals surface area contributed by atoms with Crippen molar-refractivity contribution in [2.45, 2.75) is 64.1 Å². The molecule has 2 aliphatic rings. The fourth-order valence-corrected chi connectivity index (χ4v) is 4.86. The van der Waals surface area contributed by atoms with Crippen molar-refractivity contribution in [3.05, 3.63) is 40.2 Å². The zero-order valence-corrected chi connectivity index (χ0v) is 17.1. The van der Waals surface area contributed by atoms with Crippen molar-refractivity contribution in [2.24, 2.45) is 5.92 Å². The average molecular weight is 399 g/mol. The van der Waals surface area contributed by atoms with E-state index in [1.54, 1.807) is 19.1 Å². The van der Waals surface area contributed by atoms with Gasteiger partial charge in [-0.2, -0.15) is 0 Å². The summed E-state index contributed by atoms with van der Waals surface area (Å²) in [7, 11) is 0. The lowest BCUT2D eigenvalue weighted by atomic mass is 9.71. The lowest BCUT2D eigenvalue weighted by Crippen LogP contribution is -2.56. The lowest BCUT2D eigenvalue weighted by Gasteiger charge is -2.47. The molecule has 0 radical (unpaired) electrons. The Hall–Kier alpha value is -2.34. The molecule has 1 aliphatic carbocycles. The van der Waals surface area contributed by atoms with Crippen molar-refractivity contribution in [1.82, 2.24) is 4.90 Å². The normalized spacial score (nSPS) is 25.5. The standard InChI is InChI=1S/C23H29NO5/c1-3-16-12-21(25)29-20-13-18(7-8-19(16)20)28-15(2)22(26)24-11-10-23(27)9-5-4-6-17(23)14-24/h7-8,12-13,15,17,27H,3-6,9-11,14H2,1-2H3/t15-,17-,23-/m0/s1. The Morgan fingerprint density at radius 1 is 1.34 bits per heavy atom. The maximum atomic E-state index is 12.9. The predicted molar refractivity (Wildman–Crippen MR) is 110 cm³/mol. The second-order valence-electron chi connectivity index (χ2n) is 8.44. The maximum Gasteiger partial charge on any atom is 0.336 e. The number of hydrogen-bond acceptors (Lipinski definition) is 5. The van der Waals surface area contributed by atoms with Crippen LogP contribution in [0.5, 0.6) is 5.75 Å². The first-order valence-corrected chi connectivity index (χ1v) is 10.6. The highest BCUT2D eigenvalue weighted by atomic mass is 16.5. The van der Waals surface area contributed by atoms with Gasteiger partial charge in [-0.15, -0.1) is 0 Å². The number of piperidine rings is 1. The first-order valence-electron chi connectivity index (χ1n) is 10.6. The number of rotatable bonds is 4. The molecule has 29 heavy (non-hydrogen) atoms. The van der Waals surface area contributed by atoms with Crippen LogP contribution in [0.3, 0.4) is 0 Å². The quantitative estimate of drug-likeness (QED) is 0.798. The van der Waals surface area contributed by atoms with E-state index in [1.807, 2.05) is 17.9 Å². The maximum absolute atomic E-state index is 12.9. The molecule has 1 aromatic heterocycles. The van der Waals surface area contributed by atoms with Gasteiger partial charge in [0.15, 0.2) is 6.10 Å². The van der Waals surface area contributed by atoms with E-state index in [0.29, 0.717) is 30.8 Å². The molecular weight excluding hydrogens is 370 g/mol. The van der Waals surface area contributed by atoms with Crippen LogP contribution in [0.4, 0.5) is 0 Å². The molecule has 1 saturated heterocycles. The molecule has 156 valence electrons. The van der Waals surface area contributed by atoms with E-state index in [1.165, 1.54) is 6.07 Å². The Balaban J connectivity index is 1.47. The summed E-state index contributed by atoms with van der Waals surface area (Å²) in [5.41, 5.74) is 0.410. The Kier molecular flexibility index (Phi) is 5.38. The molecule has 2 aromatic rings. The van der Waals surface area contributed by atoms with Gasteiger partial charge in [0.25, 0.3) is 5.91 Å². The Morgan fingerprint density at radius 3 is 2.97 bits per heavy atom. The van der Waals surface area contributed by atoms with E-state index < -0.39 is 11.7 Å². The van der Waals surface area contributed by atoms with E-state index in [-0.39, 0.29) is 17.5 Å². The third-order valence-corrected chi connectivity index (χ3v) is 6.58. The first-order chi connectivity index (χ1) is 13.9. The molecule has 0 spiro atoms. The summed E-state index contributed by atoms with van der Waals surface area (Å²) in [6, 6.07) is 6.86. The van der Waals surface area contributed by atoms with E-state index >= 15 is 0 Å². The van der Waals surface area contributed by atoms with Crippen LogP contribution >= 0.6 is 0 Å². The molecule has 0 bridgehead atoms. The van der Waals surface area contributed by atoms with Crippen molar-refractivity contribution < 1.29 is 19.1 Å². The second kappa shape index (κ2) is 7.82. The van der Waals surface area contributed by atoms with Gasteiger partial charge in [-0.25, -0.2) is 4.79 Å². The number of aliphatic hydroxyl groups is 1. The zero-order valence-electron chi connectivity index (χ0n) is 17.1. The third kappa shape index (κ3) is 3.90. The smallest absolute Gasteiger partial charge is 0.336 e. The lowest BCUT2D eigenvalue weighted by molar-refractivity contribution is -0.149. The number of likely N-dealkylation sites (tertiary alicyclic amines) is 1. The van der Waals surface area contributed by atoms with Gasteiger partial charge >= 0.3 is 5.63 Å². The van der Waals surface area contributed by atoms with Gasteiger partial charge in [0, 0.05) is 36.5 Å². The molecule has 0 unspecified atom stereocenters. The fraction of sp³-hybridized carbons (Fsp3) is 0.565. The van der Waals surface area contributed by atoms with E-state index in [0.717, 1.165) is 43.1 Å². The summed E-state index contributed by atoms with van der Waals surface area (Å²) in [6.07, 6.45) is 4.72. The van der Waals surface area contributed by atoms with Crippen molar-refractivity contribution in [3.8, 4) is 5.75 Å². The van der Waals surface area contributed by atoms with Gasteiger partial charge in [-0.3, -0.25) is 4.79 Å². The molecule has 1 aromatic carbocycles. The average Bonchev–Trinajstić information content (AvgIpc) is 2.71. The summed E-state index contributed by atoms with van der Waals surface area (Å²) < 4.78 is 11.2. The molecule has 3 atom stereocenters. The molecule has 1 saturated carbocycles. The van der Waals surface area contributed by atoms with E-state index in [2.05, 4.69) is 0 Å². The molecule has 2 heterocycles. The third-order valence-electron chi connectivity index (χ3n) is 6.58. The SMILES string of the molecule is CCc1cc(=O)oc2cc(O[C@@H](C)C(=O)N3CC[C@@]4(O)CCCC[C@H]4C3)ccc12. The zero-order chi connectivity index (χ0) is 20.6. The number of nitrogens with zero attached hydrogens (tertiary/aromatic N) is 1. The fourth-order valence-electron chi connectivity index (χ4n) is 4.86. The minimum absolute atomic E-state index is 0.0681. The summed E-state index contributed by atoms with van der Waals surface area (Å²) in [4.78, 5) is 26.5. The van der Waals surface area contributed by atoms with E-state index in [4.69, 9.17) is 9.15 Å².